The van der Waals surface area contributed by atoms with Gasteiger partial charge in [0.2, 0.25) is 0 Å². The zero-order chi connectivity index (χ0) is 13.9. The summed E-state index contributed by atoms with van der Waals surface area (Å²) in [6.07, 6.45) is 5.63. The first-order valence-electron chi connectivity index (χ1n) is 7.02. The molecule has 1 atom stereocenters. The van der Waals surface area contributed by atoms with Gasteiger partial charge in [0.05, 0.1) is 0 Å². The highest BCUT2D eigenvalue weighted by molar-refractivity contribution is 9.10. The minimum absolute atomic E-state index is 0.414. The number of halogens is 1. The maximum absolute atomic E-state index is 3.55. The number of fused-ring (bicyclic) bond motifs is 1. The molecule has 0 spiro atoms. The molecule has 2 aromatic carbocycles. The van der Waals surface area contributed by atoms with E-state index >= 15 is 0 Å². The summed E-state index contributed by atoms with van der Waals surface area (Å²) >= 11 is 3.55. The summed E-state index contributed by atoms with van der Waals surface area (Å²) in [5.41, 5.74) is 4.08. The van der Waals surface area contributed by atoms with E-state index in [0.29, 0.717) is 6.04 Å². The van der Waals surface area contributed by atoms with Crippen molar-refractivity contribution in [1.82, 2.24) is 0 Å². The highest BCUT2D eigenvalue weighted by Gasteiger charge is 2.21. The lowest BCUT2D eigenvalue weighted by atomic mass is 10.1. The van der Waals surface area contributed by atoms with E-state index in [1.54, 1.807) is 0 Å². The van der Waals surface area contributed by atoms with Gasteiger partial charge in [0.15, 0.2) is 0 Å². The molecule has 0 radical (unpaired) electrons. The fraction of sp³-hybridized carbons (Fsp3) is 0.222. The first kappa shape index (κ1) is 13.4. The van der Waals surface area contributed by atoms with Gasteiger partial charge in [-0.25, -0.2) is 0 Å². The van der Waals surface area contributed by atoms with Crippen molar-refractivity contribution in [2.24, 2.45) is 0 Å². The molecule has 0 aromatic heterocycles. The Morgan fingerprint density at radius 2 is 1.95 bits per heavy atom. The minimum atomic E-state index is 0.414. The standard InChI is InChI=1S/C18H18BrN/c1-14(7-8-15-5-3-2-4-6-15)20-12-11-16-13-17(19)9-10-18(16)20/h2-10,13-14H,11-12H2,1H3/b8-7+/t14-/m1/s1. The topological polar surface area (TPSA) is 3.24 Å². The summed E-state index contributed by atoms with van der Waals surface area (Å²) in [5.74, 6) is 0. The van der Waals surface area contributed by atoms with Gasteiger partial charge < -0.3 is 4.90 Å². The summed E-state index contributed by atoms with van der Waals surface area (Å²) < 4.78 is 1.17. The van der Waals surface area contributed by atoms with Crippen LogP contribution in [0.1, 0.15) is 18.1 Å². The van der Waals surface area contributed by atoms with Gasteiger partial charge in [-0.15, -0.1) is 0 Å². The second kappa shape index (κ2) is 5.84. The summed E-state index contributed by atoms with van der Waals surface area (Å²) in [4.78, 5) is 2.47. The van der Waals surface area contributed by atoms with Gasteiger partial charge in [0.25, 0.3) is 0 Å². The first-order valence-corrected chi connectivity index (χ1v) is 7.81. The van der Waals surface area contributed by atoms with Crippen LogP contribution in [0.3, 0.4) is 0 Å². The van der Waals surface area contributed by atoms with Crippen molar-refractivity contribution < 1.29 is 0 Å². The highest BCUT2D eigenvalue weighted by atomic mass is 79.9. The molecule has 0 N–H and O–H groups in total. The maximum Gasteiger partial charge on any atom is 0.0448 e. The van der Waals surface area contributed by atoms with Crippen molar-refractivity contribution in [3.63, 3.8) is 0 Å². The molecule has 1 aliphatic rings. The Hall–Kier alpha value is -1.54. The predicted molar refractivity (Wildman–Crippen MR) is 90.1 cm³/mol. The predicted octanol–water partition coefficient (Wildman–Crippen LogP) is 4.91. The van der Waals surface area contributed by atoms with Crippen molar-refractivity contribution >= 4 is 27.7 Å². The molecule has 0 aliphatic carbocycles. The van der Waals surface area contributed by atoms with E-state index in [9.17, 15) is 0 Å². The Morgan fingerprint density at radius 1 is 1.15 bits per heavy atom. The third-order valence-electron chi connectivity index (χ3n) is 3.83. The molecule has 1 nitrogen and oxygen atoms in total. The number of anilines is 1. The van der Waals surface area contributed by atoms with Crippen LogP contribution in [0, 0.1) is 0 Å². The largest absolute Gasteiger partial charge is 0.365 e. The highest BCUT2D eigenvalue weighted by Crippen LogP contribution is 2.32. The van der Waals surface area contributed by atoms with E-state index in [2.05, 4.69) is 88.4 Å². The molecule has 0 fully saturated rings. The van der Waals surface area contributed by atoms with Crippen molar-refractivity contribution in [1.29, 1.82) is 0 Å². The lowest BCUT2D eigenvalue weighted by molar-refractivity contribution is 0.767. The number of hydrogen-bond acceptors (Lipinski definition) is 1. The van der Waals surface area contributed by atoms with Crippen LogP contribution < -0.4 is 4.90 Å². The van der Waals surface area contributed by atoms with E-state index in [0.717, 1.165) is 13.0 Å². The van der Waals surface area contributed by atoms with Gasteiger partial charge in [0, 0.05) is 22.7 Å². The van der Waals surface area contributed by atoms with E-state index in [1.165, 1.54) is 21.3 Å². The summed E-state index contributed by atoms with van der Waals surface area (Å²) in [7, 11) is 0. The Labute approximate surface area is 129 Å². The second-order valence-electron chi connectivity index (χ2n) is 5.23. The van der Waals surface area contributed by atoms with E-state index in [4.69, 9.17) is 0 Å². The normalized spacial score (nSPS) is 15.6. The fourth-order valence-corrected chi connectivity index (χ4v) is 3.15. The van der Waals surface area contributed by atoms with Crippen LogP contribution in [0.25, 0.3) is 6.08 Å². The number of hydrogen-bond donors (Lipinski definition) is 0. The lowest BCUT2D eigenvalue weighted by Gasteiger charge is -2.25. The SMILES string of the molecule is C[C@H](/C=C/c1ccccc1)N1CCc2cc(Br)ccc21. The number of nitrogens with zero attached hydrogens (tertiary/aromatic N) is 1. The molecule has 0 saturated carbocycles. The van der Waals surface area contributed by atoms with Gasteiger partial charge in [0.1, 0.15) is 0 Å². The van der Waals surface area contributed by atoms with Crippen LogP contribution in [0.2, 0.25) is 0 Å². The molecule has 0 bridgehead atoms. The van der Waals surface area contributed by atoms with Gasteiger partial charge in [-0.2, -0.15) is 0 Å². The first-order chi connectivity index (χ1) is 9.74. The Bertz CT molecular complexity index is 619. The minimum Gasteiger partial charge on any atom is -0.365 e. The molecule has 2 heteroatoms. The van der Waals surface area contributed by atoms with Crippen molar-refractivity contribution in [2.75, 3.05) is 11.4 Å². The Morgan fingerprint density at radius 3 is 2.75 bits per heavy atom. The molecule has 2 aromatic rings. The zero-order valence-electron chi connectivity index (χ0n) is 11.6. The van der Waals surface area contributed by atoms with E-state index < -0.39 is 0 Å². The molecule has 1 aliphatic heterocycles. The monoisotopic (exact) mass is 327 g/mol. The van der Waals surface area contributed by atoms with Gasteiger partial charge in [-0.1, -0.05) is 58.4 Å². The molecule has 0 unspecified atom stereocenters. The van der Waals surface area contributed by atoms with Crippen LogP contribution in [0.5, 0.6) is 0 Å². The van der Waals surface area contributed by atoms with Crippen LogP contribution in [-0.2, 0) is 6.42 Å². The van der Waals surface area contributed by atoms with Crippen molar-refractivity contribution in [3.05, 3.63) is 70.2 Å². The number of rotatable bonds is 3. The quantitative estimate of drug-likeness (QED) is 0.773. The molecule has 3 rings (SSSR count). The second-order valence-corrected chi connectivity index (χ2v) is 6.14. The van der Waals surface area contributed by atoms with E-state index in [1.807, 2.05) is 0 Å². The zero-order valence-corrected chi connectivity index (χ0v) is 13.2. The van der Waals surface area contributed by atoms with Crippen LogP contribution in [0.15, 0.2) is 59.1 Å². The van der Waals surface area contributed by atoms with Gasteiger partial charge in [-0.05, 0) is 42.7 Å². The average molecular weight is 328 g/mol. The van der Waals surface area contributed by atoms with E-state index in [-0.39, 0.29) is 0 Å². The molecule has 0 amide bonds. The van der Waals surface area contributed by atoms with Crippen LogP contribution in [0.4, 0.5) is 5.69 Å². The Kier molecular flexibility index (Phi) is 3.93. The third-order valence-corrected chi connectivity index (χ3v) is 4.32. The summed E-state index contributed by atoms with van der Waals surface area (Å²) in [5, 5.41) is 0. The van der Waals surface area contributed by atoms with Crippen molar-refractivity contribution in [3.8, 4) is 0 Å². The molecule has 1 heterocycles. The molecule has 20 heavy (non-hydrogen) atoms. The third kappa shape index (κ3) is 2.80. The average Bonchev–Trinajstić information content (AvgIpc) is 2.89. The van der Waals surface area contributed by atoms with Gasteiger partial charge >= 0.3 is 0 Å². The molecule has 102 valence electrons. The van der Waals surface area contributed by atoms with Crippen molar-refractivity contribution in [2.45, 2.75) is 19.4 Å². The summed E-state index contributed by atoms with van der Waals surface area (Å²) in [6.45, 7) is 3.36. The molecular weight excluding hydrogens is 310 g/mol. The van der Waals surface area contributed by atoms with Crippen LogP contribution >= 0.6 is 15.9 Å². The number of benzene rings is 2. The maximum atomic E-state index is 3.55. The molecule has 0 saturated heterocycles. The summed E-state index contributed by atoms with van der Waals surface area (Å²) in [6, 6.07) is 17.5. The van der Waals surface area contributed by atoms with Crippen LogP contribution in [-0.4, -0.2) is 12.6 Å². The smallest absolute Gasteiger partial charge is 0.0448 e. The fourth-order valence-electron chi connectivity index (χ4n) is 2.74. The molecular formula is C18H18BrN. The van der Waals surface area contributed by atoms with Gasteiger partial charge in [-0.3, -0.25) is 0 Å². The Balaban J connectivity index is 1.77. The lowest BCUT2D eigenvalue weighted by Crippen LogP contribution is -2.29.